The summed E-state index contributed by atoms with van der Waals surface area (Å²) in [5.74, 6) is -1.42. The number of rotatable bonds is 30. The van der Waals surface area contributed by atoms with Gasteiger partial charge in [0.05, 0.1) is 5.92 Å². The molecule has 0 aliphatic carbocycles. The number of hydrogen-bond acceptors (Lipinski definition) is 2. The van der Waals surface area contributed by atoms with Crippen LogP contribution in [-0.4, -0.2) is 22.2 Å². The van der Waals surface area contributed by atoms with Gasteiger partial charge in [-0.1, -0.05) is 141 Å². The van der Waals surface area contributed by atoms with Crippen molar-refractivity contribution in [2.75, 3.05) is 0 Å². The molecule has 0 spiro atoms. The highest BCUT2D eigenvalue weighted by Crippen LogP contribution is 2.15. The van der Waals surface area contributed by atoms with Gasteiger partial charge in [-0.3, -0.25) is 9.59 Å². The minimum absolute atomic E-state index is 0.128. The molecule has 0 amide bonds. The standard InChI is InChI=1S/C20H38O2.C18H32O2/c1-3-5-6-7-8-9-10-11-12-13-14-15-16-17-18-19(4-2)20(21)22;1-2-3-4-5-6-7-8-9-10-11-12-13-14-15-16-17-18(19)20/h11-12,19H,3-10,13-18H2,1-2H3,(H,21,22);6-7,9-10H,2-5,8,11-17H2,1H3,(H,19,20)/b12-11-;7-6-,10-9-. The molecular weight excluding hydrogens is 520 g/mol. The zero-order chi connectivity index (χ0) is 31.4. The van der Waals surface area contributed by atoms with E-state index in [0.29, 0.717) is 6.42 Å². The SMILES string of the molecule is CCCCC/C=C\C/C=C\CCCCCCCC(=O)O.CCCCCCCC/C=C\CCCCCCC(CC)C(=O)O. The van der Waals surface area contributed by atoms with Crippen LogP contribution in [0.4, 0.5) is 0 Å². The van der Waals surface area contributed by atoms with Gasteiger partial charge in [0, 0.05) is 6.42 Å². The van der Waals surface area contributed by atoms with Crippen LogP contribution in [0.1, 0.15) is 188 Å². The van der Waals surface area contributed by atoms with E-state index in [9.17, 15) is 9.59 Å². The maximum atomic E-state index is 10.9. The third-order valence-corrected chi connectivity index (χ3v) is 7.75. The van der Waals surface area contributed by atoms with Gasteiger partial charge in [-0.2, -0.15) is 0 Å². The lowest BCUT2D eigenvalue weighted by Crippen LogP contribution is -2.12. The molecule has 0 fully saturated rings. The van der Waals surface area contributed by atoms with E-state index in [1.54, 1.807) is 0 Å². The Balaban J connectivity index is 0. The molecule has 0 saturated carbocycles. The van der Waals surface area contributed by atoms with E-state index in [1.165, 1.54) is 116 Å². The molecule has 0 radical (unpaired) electrons. The molecule has 0 aliphatic heterocycles. The van der Waals surface area contributed by atoms with Gasteiger partial charge in [0.2, 0.25) is 0 Å². The fourth-order valence-electron chi connectivity index (χ4n) is 4.87. The monoisotopic (exact) mass is 591 g/mol. The number of allylic oxidation sites excluding steroid dienone is 6. The molecule has 0 heterocycles. The molecule has 246 valence electrons. The minimum atomic E-state index is -0.671. The van der Waals surface area contributed by atoms with Crippen molar-refractivity contribution in [3.8, 4) is 0 Å². The second-order valence-corrected chi connectivity index (χ2v) is 11.8. The molecule has 1 atom stereocenters. The number of unbranched alkanes of at least 4 members (excludes halogenated alkanes) is 18. The van der Waals surface area contributed by atoms with Gasteiger partial charge >= 0.3 is 11.9 Å². The summed E-state index contributed by atoms with van der Waals surface area (Å²) in [7, 11) is 0. The minimum Gasteiger partial charge on any atom is -0.481 e. The van der Waals surface area contributed by atoms with Crippen LogP contribution in [0.3, 0.4) is 0 Å². The fourth-order valence-corrected chi connectivity index (χ4v) is 4.87. The maximum absolute atomic E-state index is 10.9. The van der Waals surface area contributed by atoms with E-state index in [0.717, 1.165) is 44.9 Å². The Bertz CT molecular complexity index is 649. The zero-order valence-electron chi connectivity index (χ0n) is 28.1. The quantitative estimate of drug-likeness (QED) is 0.0644. The highest BCUT2D eigenvalue weighted by atomic mass is 16.4. The Morgan fingerprint density at radius 1 is 0.500 bits per heavy atom. The molecule has 4 nitrogen and oxygen atoms in total. The number of aliphatic carboxylic acids is 2. The third-order valence-electron chi connectivity index (χ3n) is 7.75. The summed E-state index contributed by atoms with van der Waals surface area (Å²) in [6, 6.07) is 0. The van der Waals surface area contributed by atoms with Gasteiger partial charge in [0.1, 0.15) is 0 Å². The highest BCUT2D eigenvalue weighted by molar-refractivity contribution is 5.69. The summed E-state index contributed by atoms with van der Waals surface area (Å²) in [5, 5.41) is 17.5. The molecule has 4 heteroatoms. The Kier molecular flexibility index (Phi) is 37.4. The van der Waals surface area contributed by atoms with E-state index < -0.39 is 11.9 Å². The van der Waals surface area contributed by atoms with Crippen molar-refractivity contribution in [3.63, 3.8) is 0 Å². The van der Waals surface area contributed by atoms with Crippen LogP contribution in [-0.2, 0) is 9.59 Å². The summed E-state index contributed by atoms with van der Waals surface area (Å²) in [5.41, 5.74) is 0. The zero-order valence-corrected chi connectivity index (χ0v) is 28.1. The van der Waals surface area contributed by atoms with Crippen molar-refractivity contribution in [2.45, 2.75) is 188 Å². The molecule has 0 aliphatic rings. The van der Waals surface area contributed by atoms with Crippen molar-refractivity contribution in [1.29, 1.82) is 0 Å². The van der Waals surface area contributed by atoms with Gasteiger partial charge in [0.15, 0.2) is 0 Å². The average molecular weight is 591 g/mol. The molecule has 42 heavy (non-hydrogen) atoms. The van der Waals surface area contributed by atoms with Crippen LogP contribution in [0.25, 0.3) is 0 Å². The van der Waals surface area contributed by atoms with Crippen molar-refractivity contribution >= 4 is 11.9 Å². The van der Waals surface area contributed by atoms with E-state index >= 15 is 0 Å². The molecule has 0 aromatic carbocycles. The van der Waals surface area contributed by atoms with E-state index in [4.69, 9.17) is 10.2 Å². The van der Waals surface area contributed by atoms with Crippen molar-refractivity contribution in [1.82, 2.24) is 0 Å². The summed E-state index contributed by atoms with van der Waals surface area (Å²) in [4.78, 5) is 21.2. The van der Waals surface area contributed by atoms with E-state index in [-0.39, 0.29) is 5.92 Å². The lowest BCUT2D eigenvalue weighted by molar-refractivity contribution is -0.142. The Labute approximate surface area is 261 Å². The Hall–Kier alpha value is -1.84. The van der Waals surface area contributed by atoms with Crippen LogP contribution < -0.4 is 0 Å². The summed E-state index contributed by atoms with van der Waals surface area (Å²) in [6.45, 7) is 6.46. The van der Waals surface area contributed by atoms with Crippen molar-refractivity contribution in [3.05, 3.63) is 36.5 Å². The van der Waals surface area contributed by atoms with Crippen LogP contribution in [0.2, 0.25) is 0 Å². The number of carboxylic acids is 2. The Morgan fingerprint density at radius 3 is 1.33 bits per heavy atom. The van der Waals surface area contributed by atoms with Crippen molar-refractivity contribution in [2.24, 2.45) is 5.92 Å². The van der Waals surface area contributed by atoms with Crippen LogP contribution in [0.15, 0.2) is 36.5 Å². The van der Waals surface area contributed by atoms with Gasteiger partial charge < -0.3 is 10.2 Å². The third kappa shape index (κ3) is 38.2. The highest BCUT2D eigenvalue weighted by Gasteiger charge is 2.13. The first-order valence-electron chi connectivity index (χ1n) is 17.9. The molecule has 0 bridgehead atoms. The molecule has 1 unspecified atom stereocenters. The largest absolute Gasteiger partial charge is 0.481 e. The number of carboxylic acid groups (broad SMARTS) is 2. The predicted molar refractivity (Wildman–Crippen MR) is 183 cm³/mol. The van der Waals surface area contributed by atoms with E-state index in [1.807, 2.05) is 6.92 Å². The fraction of sp³-hybridized carbons (Fsp3) is 0.789. The summed E-state index contributed by atoms with van der Waals surface area (Å²) in [6.07, 6.45) is 44.0. The lowest BCUT2D eigenvalue weighted by atomic mass is 9.98. The first kappa shape index (κ1) is 42.3. The molecule has 0 aromatic rings. The lowest BCUT2D eigenvalue weighted by Gasteiger charge is -2.08. The second-order valence-electron chi connectivity index (χ2n) is 11.8. The maximum Gasteiger partial charge on any atom is 0.306 e. The second kappa shape index (κ2) is 37.2. The van der Waals surface area contributed by atoms with Gasteiger partial charge in [-0.25, -0.2) is 0 Å². The Morgan fingerprint density at radius 2 is 0.881 bits per heavy atom. The van der Waals surface area contributed by atoms with Crippen LogP contribution in [0, 0.1) is 5.92 Å². The number of carbonyl (C=O) groups is 2. The molecule has 2 N–H and O–H groups in total. The number of hydrogen-bond donors (Lipinski definition) is 2. The summed E-state index contributed by atoms with van der Waals surface area (Å²) < 4.78 is 0. The topological polar surface area (TPSA) is 74.6 Å². The predicted octanol–water partition coefficient (Wildman–Crippen LogP) is 12.6. The first-order valence-corrected chi connectivity index (χ1v) is 17.9. The first-order chi connectivity index (χ1) is 20.5. The van der Waals surface area contributed by atoms with Gasteiger partial charge in [-0.05, 0) is 77.0 Å². The molecule has 0 rings (SSSR count). The molecule has 0 saturated heterocycles. The average Bonchev–Trinajstić information content (AvgIpc) is 2.97. The van der Waals surface area contributed by atoms with E-state index in [2.05, 4.69) is 50.3 Å². The molecule has 0 aromatic heterocycles. The molecular formula is C38H70O4. The van der Waals surface area contributed by atoms with Crippen molar-refractivity contribution < 1.29 is 19.8 Å². The summed E-state index contributed by atoms with van der Waals surface area (Å²) >= 11 is 0. The van der Waals surface area contributed by atoms with Gasteiger partial charge in [0.25, 0.3) is 0 Å². The smallest absolute Gasteiger partial charge is 0.306 e. The van der Waals surface area contributed by atoms with Crippen LogP contribution in [0.5, 0.6) is 0 Å². The normalized spacial score (nSPS) is 12.3. The van der Waals surface area contributed by atoms with Crippen LogP contribution >= 0.6 is 0 Å². The van der Waals surface area contributed by atoms with Gasteiger partial charge in [-0.15, -0.1) is 0 Å².